The number of aliphatic hydroxyl groups is 1. The lowest BCUT2D eigenvalue weighted by atomic mass is 9.91. The van der Waals surface area contributed by atoms with Gasteiger partial charge in [-0.25, -0.2) is 24.1 Å². The molecule has 0 unspecified atom stereocenters. The quantitative estimate of drug-likeness (QED) is 0.569. The Labute approximate surface area is 178 Å². The van der Waals surface area contributed by atoms with E-state index in [4.69, 9.17) is 4.74 Å². The number of nitrogens with one attached hydrogen (secondary N) is 1. The third-order valence-corrected chi connectivity index (χ3v) is 5.33. The van der Waals surface area contributed by atoms with Crippen LogP contribution in [0.4, 0.5) is 10.3 Å². The van der Waals surface area contributed by atoms with Crippen molar-refractivity contribution in [3.63, 3.8) is 0 Å². The molecule has 8 nitrogen and oxygen atoms in total. The van der Waals surface area contributed by atoms with Crippen LogP contribution in [0.25, 0.3) is 22.3 Å². The molecule has 1 fully saturated rings. The van der Waals surface area contributed by atoms with Crippen LogP contribution in [0.2, 0.25) is 0 Å². The molecule has 0 amide bonds. The van der Waals surface area contributed by atoms with E-state index in [1.165, 1.54) is 12.3 Å². The van der Waals surface area contributed by atoms with Crippen LogP contribution in [-0.4, -0.2) is 56.5 Å². The van der Waals surface area contributed by atoms with E-state index < -0.39 is 17.9 Å². The van der Waals surface area contributed by atoms with Gasteiger partial charge in [0.15, 0.2) is 0 Å². The lowest BCUT2D eigenvalue weighted by molar-refractivity contribution is -0.0136. The molecule has 2 atom stereocenters. The van der Waals surface area contributed by atoms with E-state index in [1.54, 1.807) is 18.2 Å². The number of benzene rings is 1. The second-order valence-corrected chi connectivity index (χ2v) is 7.79. The summed E-state index contributed by atoms with van der Waals surface area (Å²) in [6, 6.07) is 5.77. The maximum atomic E-state index is 14.6. The summed E-state index contributed by atoms with van der Waals surface area (Å²) in [5.74, 6) is -1.73. The Hall–Kier alpha value is -3.17. The van der Waals surface area contributed by atoms with Crippen molar-refractivity contribution in [3.8, 4) is 11.4 Å². The molecule has 1 aromatic carbocycles. The summed E-state index contributed by atoms with van der Waals surface area (Å²) in [7, 11) is 0. The highest BCUT2D eigenvalue weighted by Crippen LogP contribution is 2.35. The molecule has 0 aliphatic carbocycles. The number of ether oxygens (including phenoxy) is 1. The molecular weight excluding hydrogens is 403 g/mol. The molecule has 0 radical (unpaired) electrons. The Morgan fingerprint density at radius 3 is 2.81 bits per heavy atom. The van der Waals surface area contributed by atoms with Crippen molar-refractivity contribution in [1.29, 1.82) is 0 Å². The molecule has 4 rings (SSSR count). The number of nitrogens with zero attached hydrogens (tertiary/aromatic N) is 3. The van der Waals surface area contributed by atoms with Crippen LogP contribution >= 0.6 is 0 Å². The van der Waals surface area contributed by atoms with Gasteiger partial charge in [-0.05, 0) is 36.1 Å². The van der Waals surface area contributed by atoms with Crippen LogP contribution in [0.15, 0.2) is 30.5 Å². The van der Waals surface area contributed by atoms with Gasteiger partial charge in [-0.2, -0.15) is 0 Å². The highest BCUT2D eigenvalue weighted by atomic mass is 19.1. The largest absolute Gasteiger partial charge is 0.478 e. The second kappa shape index (κ2) is 8.52. The summed E-state index contributed by atoms with van der Waals surface area (Å²) >= 11 is 0. The molecule has 3 aromatic rings. The molecule has 1 aliphatic rings. The number of carbonyl (C=O) groups is 1. The number of pyridine rings is 1. The van der Waals surface area contributed by atoms with E-state index in [0.717, 1.165) is 0 Å². The average Bonchev–Trinajstić information content (AvgIpc) is 2.74. The number of hydrogen-bond donors (Lipinski definition) is 3. The van der Waals surface area contributed by atoms with Crippen molar-refractivity contribution < 1.29 is 24.1 Å². The van der Waals surface area contributed by atoms with Crippen LogP contribution in [0.5, 0.6) is 0 Å². The second-order valence-electron chi connectivity index (χ2n) is 7.79. The maximum absolute atomic E-state index is 14.6. The summed E-state index contributed by atoms with van der Waals surface area (Å²) < 4.78 is 19.9. The zero-order valence-electron chi connectivity index (χ0n) is 17.2. The zero-order valence-corrected chi connectivity index (χ0v) is 17.2. The summed E-state index contributed by atoms with van der Waals surface area (Å²) in [5, 5.41) is 23.4. The zero-order chi connectivity index (χ0) is 22.1. The highest BCUT2D eigenvalue weighted by Gasteiger charge is 2.27. The van der Waals surface area contributed by atoms with E-state index >= 15 is 0 Å². The van der Waals surface area contributed by atoms with E-state index in [9.17, 15) is 19.4 Å². The molecule has 0 bridgehead atoms. The third-order valence-electron chi connectivity index (χ3n) is 5.33. The van der Waals surface area contributed by atoms with E-state index in [-0.39, 0.29) is 41.2 Å². The number of carboxylic acid groups (broad SMARTS) is 1. The van der Waals surface area contributed by atoms with Crippen molar-refractivity contribution in [2.75, 3.05) is 18.5 Å². The molecule has 0 spiro atoms. The minimum Gasteiger partial charge on any atom is -0.478 e. The topological polar surface area (TPSA) is 117 Å². The summed E-state index contributed by atoms with van der Waals surface area (Å²) in [4.78, 5) is 25.4. The maximum Gasteiger partial charge on any atom is 0.338 e. The SMILES string of the molecule is CC(C)c1c(C(=O)O)c(-c2ccnc(N[C@@H]3CCOC[C@H]3O)n2)nc2cccc(F)c12. The molecule has 162 valence electrons. The van der Waals surface area contributed by atoms with Crippen molar-refractivity contribution in [2.24, 2.45) is 0 Å². The Morgan fingerprint density at radius 2 is 2.10 bits per heavy atom. The van der Waals surface area contributed by atoms with Crippen molar-refractivity contribution in [3.05, 3.63) is 47.4 Å². The fraction of sp³-hybridized carbons (Fsp3) is 0.364. The normalized spacial score (nSPS) is 19.0. The number of rotatable bonds is 5. The van der Waals surface area contributed by atoms with Gasteiger partial charge < -0.3 is 20.3 Å². The Morgan fingerprint density at radius 1 is 1.29 bits per heavy atom. The number of hydrogen-bond acceptors (Lipinski definition) is 7. The van der Waals surface area contributed by atoms with Crippen molar-refractivity contribution in [1.82, 2.24) is 15.0 Å². The number of aromatic carboxylic acids is 1. The Bertz CT molecular complexity index is 1140. The molecule has 1 aliphatic heterocycles. The van der Waals surface area contributed by atoms with E-state index in [1.807, 2.05) is 13.8 Å². The van der Waals surface area contributed by atoms with Gasteiger partial charge in [-0.1, -0.05) is 19.9 Å². The van der Waals surface area contributed by atoms with E-state index in [0.29, 0.717) is 29.8 Å². The van der Waals surface area contributed by atoms with Crippen LogP contribution < -0.4 is 5.32 Å². The molecule has 0 saturated carbocycles. The number of fused-ring (bicyclic) bond motifs is 1. The van der Waals surface area contributed by atoms with Gasteiger partial charge in [0.2, 0.25) is 5.95 Å². The smallest absolute Gasteiger partial charge is 0.338 e. The van der Waals surface area contributed by atoms with Gasteiger partial charge >= 0.3 is 5.97 Å². The first-order valence-corrected chi connectivity index (χ1v) is 10.1. The number of aromatic nitrogens is 3. The molecule has 3 heterocycles. The highest BCUT2D eigenvalue weighted by molar-refractivity contribution is 6.02. The Kier molecular flexibility index (Phi) is 5.79. The van der Waals surface area contributed by atoms with Gasteiger partial charge in [-0.3, -0.25) is 0 Å². The molecule has 2 aromatic heterocycles. The molecule has 9 heteroatoms. The standard InChI is InChI=1S/C22H23FN4O4/c1-11(2)17-18-12(23)4-3-5-14(18)25-20(19(17)21(29)30)15-6-8-24-22(27-15)26-13-7-9-31-10-16(13)28/h3-6,8,11,13,16,28H,7,9-10H2,1-2H3,(H,29,30)(H,24,26,27)/t13-,16-/m1/s1. The fourth-order valence-corrected chi connectivity index (χ4v) is 3.90. The monoisotopic (exact) mass is 426 g/mol. The lowest BCUT2D eigenvalue weighted by Crippen LogP contribution is -2.42. The third kappa shape index (κ3) is 4.06. The number of anilines is 1. The Balaban J connectivity index is 1.86. The summed E-state index contributed by atoms with van der Waals surface area (Å²) in [6.45, 7) is 4.36. The number of aliphatic hydroxyl groups excluding tert-OH is 1. The molecule has 31 heavy (non-hydrogen) atoms. The number of halogens is 1. The predicted molar refractivity (Wildman–Crippen MR) is 113 cm³/mol. The van der Waals surface area contributed by atoms with Crippen molar-refractivity contribution >= 4 is 22.8 Å². The van der Waals surface area contributed by atoms with Gasteiger partial charge in [0.1, 0.15) is 11.5 Å². The van der Waals surface area contributed by atoms with Crippen LogP contribution in [0.3, 0.4) is 0 Å². The molecule has 3 N–H and O–H groups in total. The molecule has 1 saturated heterocycles. The predicted octanol–water partition coefficient (Wildman–Crippen LogP) is 3.21. The summed E-state index contributed by atoms with van der Waals surface area (Å²) in [6.07, 6.45) is 1.37. The average molecular weight is 426 g/mol. The fourth-order valence-electron chi connectivity index (χ4n) is 3.90. The van der Waals surface area contributed by atoms with Crippen LogP contribution in [0.1, 0.15) is 42.1 Å². The van der Waals surface area contributed by atoms with Crippen LogP contribution in [0, 0.1) is 5.82 Å². The lowest BCUT2D eigenvalue weighted by Gasteiger charge is -2.28. The van der Waals surface area contributed by atoms with Gasteiger partial charge in [0.05, 0.1) is 35.5 Å². The minimum absolute atomic E-state index is 0.0802. The van der Waals surface area contributed by atoms with Crippen LogP contribution in [-0.2, 0) is 4.74 Å². The first kappa shape index (κ1) is 21.1. The molecular formula is C22H23FN4O4. The van der Waals surface area contributed by atoms with Gasteiger partial charge in [0, 0.05) is 18.2 Å². The summed E-state index contributed by atoms with van der Waals surface area (Å²) in [5.41, 5.74) is 1.09. The first-order chi connectivity index (χ1) is 14.9. The first-order valence-electron chi connectivity index (χ1n) is 10.1. The van der Waals surface area contributed by atoms with Crippen molar-refractivity contribution in [2.45, 2.75) is 38.3 Å². The van der Waals surface area contributed by atoms with Gasteiger partial charge in [0.25, 0.3) is 0 Å². The van der Waals surface area contributed by atoms with Gasteiger partial charge in [-0.15, -0.1) is 0 Å². The minimum atomic E-state index is -1.20. The number of carboxylic acids is 1. The van der Waals surface area contributed by atoms with E-state index in [2.05, 4.69) is 20.3 Å².